The van der Waals surface area contributed by atoms with E-state index in [1.165, 1.54) is 16.2 Å². The Balaban J connectivity index is 1.78. The van der Waals surface area contributed by atoms with Crippen LogP contribution in [0.25, 0.3) is 0 Å². The first-order valence-electron chi connectivity index (χ1n) is 8.73. The number of carbonyl (C=O) groups excluding carboxylic acids is 2. The van der Waals surface area contributed by atoms with E-state index < -0.39 is 5.54 Å². The lowest BCUT2D eigenvalue weighted by Crippen LogP contribution is -3.12. The zero-order valence-electron chi connectivity index (χ0n) is 15.5. The number of imide groups is 1. The standard InChI is InChI=1S/C19H22ClN3O3S/c1-4-22(11-15-8-9-16(20)27-15)12-23-17(24)19(2,21-18(23)25)13-6-5-7-14(10-13)26-3/h5-10H,4,11-12H2,1-3H3,(H,21,25)/p+1/t19-/m0/s1. The van der Waals surface area contributed by atoms with Gasteiger partial charge in [0.15, 0.2) is 6.67 Å². The average Bonchev–Trinajstić information content (AvgIpc) is 3.17. The summed E-state index contributed by atoms with van der Waals surface area (Å²) in [7, 11) is 1.57. The molecule has 0 bridgehead atoms. The number of quaternary nitrogens is 1. The van der Waals surface area contributed by atoms with E-state index >= 15 is 0 Å². The molecule has 0 radical (unpaired) electrons. The summed E-state index contributed by atoms with van der Waals surface area (Å²) in [5.41, 5.74) is -0.401. The van der Waals surface area contributed by atoms with Gasteiger partial charge < -0.3 is 15.0 Å². The monoisotopic (exact) mass is 408 g/mol. The van der Waals surface area contributed by atoms with Crippen molar-refractivity contribution in [1.29, 1.82) is 0 Å². The predicted octanol–water partition coefficient (Wildman–Crippen LogP) is 2.24. The molecule has 2 aromatic rings. The third kappa shape index (κ3) is 3.95. The number of nitrogens with one attached hydrogen (secondary N) is 2. The molecule has 1 aliphatic heterocycles. The summed E-state index contributed by atoms with van der Waals surface area (Å²) in [6, 6.07) is 10.7. The van der Waals surface area contributed by atoms with Crippen molar-refractivity contribution in [2.45, 2.75) is 25.9 Å². The van der Waals surface area contributed by atoms with Gasteiger partial charge in [-0.2, -0.15) is 0 Å². The van der Waals surface area contributed by atoms with E-state index in [1.807, 2.05) is 31.2 Å². The van der Waals surface area contributed by atoms with Gasteiger partial charge in [0, 0.05) is 0 Å². The van der Waals surface area contributed by atoms with Crippen LogP contribution in [0.15, 0.2) is 36.4 Å². The zero-order valence-corrected chi connectivity index (χ0v) is 17.1. The molecule has 1 saturated heterocycles. The highest BCUT2D eigenvalue weighted by Gasteiger charge is 2.50. The smallest absolute Gasteiger partial charge is 0.329 e. The first-order valence-corrected chi connectivity index (χ1v) is 9.93. The van der Waals surface area contributed by atoms with Crippen LogP contribution in [0, 0.1) is 0 Å². The van der Waals surface area contributed by atoms with Crippen molar-refractivity contribution in [3.8, 4) is 5.75 Å². The van der Waals surface area contributed by atoms with Crippen molar-refractivity contribution in [1.82, 2.24) is 10.2 Å². The second kappa shape index (κ2) is 7.88. The van der Waals surface area contributed by atoms with Crippen molar-refractivity contribution >= 4 is 34.9 Å². The van der Waals surface area contributed by atoms with E-state index in [1.54, 1.807) is 26.2 Å². The Hall–Kier alpha value is -2.09. The van der Waals surface area contributed by atoms with Crippen LogP contribution in [0.4, 0.5) is 4.79 Å². The number of amides is 3. The average molecular weight is 409 g/mol. The molecule has 0 aliphatic carbocycles. The predicted molar refractivity (Wildman–Crippen MR) is 105 cm³/mol. The van der Waals surface area contributed by atoms with Gasteiger partial charge in [0.05, 0.1) is 22.9 Å². The van der Waals surface area contributed by atoms with Crippen LogP contribution >= 0.6 is 22.9 Å². The highest BCUT2D eigenvalue weighted by Crippen LogP contribution is 2.30. The van der Waals surface area contributed by atoms with Crippen LogP contribution in [0.5, 0.6) is 5.75 Å². The van der Waals surface area contributed by atoms with E-state index in [-0.39, 0.29) is 11.9 Å². The van der Waals surface area contributed by atoms with Gasteiger partial charge in [-0.05, 0) is 43.7 Å². The van der Waals surface area contributed by atoms with E-state index in [0.29, 0.717) is 24.5 Å². The van der Waals surface area contributed by atoms with Gasteiger partial charge in [0.2, 0.25) is 0 Å². The van der Waals surface area contributed by atoms with Gasteiger partial charge in [-0.1, -0.05) is 23.7 Å². The molecule has 3 amide bonds. The number of rotatable bonds is 7. The third-order valence-corrected chi connectivity index (χ3v) is 6.09. The Morgan fingerprint density at radius 1 is 1.30 bits per heavy atom. The number of thiophene rings is 1. The first-order chi connectivity index (χ1) is 12.9. The minimum atomic E-state index is -1.10. The summed E-state index contributed by atoms with van der Waals surface area (Å²) >= 11 is 7.52. The van der Waals surface area contributed by atoms with Gasteiger partial charge in [0.1, 0.15) is 17.8 Å². The molecule has 1 aliphatic rings. The molecule has 0 spiro atoms. The SMILES string of the molecule is CC[NH+](Cc1ccc(Cl)s1)CN1C(=O)N[C@@](C)(c2cccc(OC)c2)C1=O. The summed E-state index contributed by atoms with van der Waals surface area (Å²) in [5, 5.41) is 2.85. The lowest BCUT2D eigenvalue weighted by Gasteiger charge is -2.24. The summed E-state index contributed by atoms with van der Waals surface area (Å²) < 4.78 is 5.98. The van der Waals surface area contributed by atoms with Gasteiger partial charge in [0.25, 0.3) is 5.91 Å². The molecule has 6 nitrogen and oxygen atoms in total. The number of urea groups is 1. The van der Waals surface area contributed by atoms with Crippen molar-refractivity contribution in [3.05, 3.63) is 51.2 Å². The molecule has 1 aromatic carbocycles. The van der Waals surface area contributed by atoms with Crippen molar-refractivity contribution < 1.29 is 19.2 Å². The van der Waals surface area contributed by atoms with Crippen LogP contribution < -0.4 is 15.0 Å². The summed E-state index contributed by atoms with van der Waals surface area (Å²) in [4.78, 5) is 29.2. The van der Waals surface area contributed by atoms with E-state index in [2.05, 4.69) is 5.32 Å². The fourth-order valence-electron chi connectivity index (χ4n) is 3.18. The van der Waals surface area contributed by atoms with Crippen LogP contribution in [-0.2, 0) is 16.9 Å². The molecule has 2 N–H and O–H groups in total. The maximum atomic E-state index is 13.1. The molecule has 27 heavy (non-hydrogen) atoms. The molecular weight excluding hydrogens is 386 g/mol. The summed E-state index contributed by atoms with van der Waals surface area (Å²) in [5.74, 6) is 0.389. The highest BCUT2D eigenvalue weighted by atomic mass is 35.5. The Labute approximate surface area is 167 Å². The Bertz CT molecular complexity index is 856. The number of benzene rings is 1. The summed E-state index contributed by atoms with van der Waals surface area (Å²) in [6.45, 7) is 5.55. The Kier molecular flexibility index (Phi) is 5.74. The molecule has 3 rings (SSSR count). The molecule has 8 heteroatoms. The van der Waals surface area contributed by atoms with Crippen LogP contribution in [-0.4, -0.2) is 37.2 Å². The van der Waals surface area contributed by atoms with E-state index in [4.69, 9.17) is 16.3 Å². The molecule has 0 saturated carbocycles. The third-order valence-electron chi connectivity index (χ3n) is 4.86. The Morgan fingerprint density at radius 2 is 2.07 bits per heavy atom. The Morgan fingerprint density at radius 3 is 2.70 bits per heavy atom. The number of ether oxygens (including phenoxy) is 1. The highest BCUT2D eigenvalue weighted by molar-refractivity contribution is 7.16. The molecular formula is C19H23ClN3O3S+. The van der Waals surface area contributed by atoms with Crippen molar-refractivity contribution in [2.24, 2.45) is 0 Å². The van der Waals surface area contributed by atoms with Gasteiger partial charge in [-0.3, -0.25) is 4.79 Å². The van der Waals surface area contributed by atoms with E-state index in [9.17, 15) is 9.59 Å². The normalized spacial score (nSPS) is 20.7. The fraction of sp³-hybridized carbons (Fsp3) is 0.368. The molecule has 2 atom stereocenters. The molecule has 1 fully saturated rings. The van der Waals surface area contributed by atoms with Gasteiger partial charge in [-0.15, -0.1) is 11.3 Å². The van der Waals surface area contributed by atoms with Crippen molar-refractivity contribution in [3.63, 3.8) is 0 Å². The van der Waals surface area contributed by atoms with Crippen LogP contribution in [0.3, 0.4) is 0 Å². The molecule has 1 aromatic heterocycles. The first kappa shape index (κ1) is 19.7. The molecule has 144 valence electrons. The lowest BCUT2D eigenvalue weighted by atomic mass is 9.92. The number of hydrogen-bond acceptors (Lipinski definition) is 4. The summed E-state index contributed by atoms with van der Waals surface area (Å²) in [6.07, 6.45) is 0. The van der Waals surface area contributed by atoms with Gasteiger partial charge in [-0.25, -0.2) is 9.69 Å². The second-order valence-corrected chi connectivity index (χ2v) is 8.46. The number of carbonyl (C=O) groups is 2. The topological polar surface area (TPSA) is 63.1 Å². The minimum absolute atomic E-state index is 0.254. The van der Waals surface area contributed by atoms with E-state index in [0.717, 1.165) is 20.7 Å². The maximum Gasteiger partial charge on any atom is 0.329 e. The fourth-order valence-corrected chi connectivity index (χ4v) is 4.34. The van der Waals surface area contributed by atoms with Crippen LogP contribution in [0.2, 0.25) is 4.34 Å². The largest absolute Gasteiger partial charge is 0.497 e. The number of hydrogen-bond donors (Lipinski definition) is 2. The number of halogens is 1. The number of methoxy groups -OCH3 is 1. The maximum absolute atomic E-state index is 13.1. The zero-order chi connectivity index (χ0) is 19.6. The minimum Gasteiger partial charge on any atom is -0.497 e. The number of nitrogens with zero attached hydrogens (tertiary/aromatic N) is 1. The van der Waals surface area contributed by atoms with Crippen molar-refractivity contribution in [2.75, 3.05) is 20.3 Å². The quantitative estimate of drug-likeness (QED) is 0.690. The van der Waals surface area contributed by atoms with Crippen LogP contribution in [0.1, 0.15) is 24.3 Å². The van der Waals surface area contributed by atoms with Gasteiger partial charge >= 0.3 is 6.03 Å². The second-order valence-electron chi connectivity index (χ2n) is 6.66. The lowest BCUT2D eigenvalue weighted by molar-refractivity contribution is -0.919. The molecule has 2 heterocycles. The molecule has 1 unspecified atom stereocenters.